The van der Waals surface area contributed by atoms with Crippen LogP contribution in [0.3, 0.4) is 0 Å². The summed E-state index contributed by atoms with van der Waals surface area (Å²) in [5, 5.41) is 52.7. The molecule has 4 N–H and O–H groups in total. The van der Waals surface area contributed by atoms with Crippen LogP contribution in [-0.4, -0.2) is 108 Å². The van der Waals surface area contributed by atoms with Crippen molar-refractivity contribution in [2.24, 2.45) is 5.92 Å². The number of rotatable bonds is 19. The van der Waals surface area contributed by atoms with Crippen molar-refractivity contribution < 1.29 is 43.8 Å². The number of unbranched alkanes of at least 4 members (excludes halogenated alkanes) is 1. The summed E-state index contributed by atoms with van der Waals surface area (Å²) in [4.78, 5) is 54.5. The van der Waals surface area contributed by atoms with E-state index < -0.39 is 0 Å². The van der Waals surface area contributed by atoms with Gasteiger partial charge in [-0.2, -0.15) is 39.9 Å². The van der Waals surface area contributed by atoms with Gasteiger partial charge in [0.2, 0.25) is 0 Å². The Hall–Kier alpha value is -15.8. The van der Waals surface area contributed by atoms with E-state index in [0.29, 0.717) is 81.4 Å². The Morgan fingerprint density at radius 3 is 1.22 bits per heavy atom. The predicted molar refractivity (Wildman–Crippen MR) is 517 cm³/mol. The average Bonchev–Trinajstić information content (AvgIpc) is 1.65. The number of thiophene rings is 3. The van der Waals surface area contributed by atoms with Gasteiger partial charge in [-0.3, -0.25) is 0 Å². The van der Waals surface area contributed by atoms with E-state index in [1.165, 1.54) is 77.1 Å². The molecule has 1 atom stereocenters. The first kappa shape index (κ1) is 82.8. The van der Waals surface area contributed by atoms with Crippen molar-refractivity contribution >= 4 is 127 Å². The Morgan fingerprint density at radius 1 is 0.287 bits per heavy atom. The maximum Gasteiger partial charge on any atom is 0.320 e. The molecule has 0 saturated carbocycles. The monoisotopic (exact) mass is 1750 g/mol. The van der Waals surface area contributed by atoms with Crippen LogP contribution in [0.1, 0.15) is 39.5 Å². The third-order valence-corrected chi connectivity index (χ3v) is 25.8. The van der Waals surface area contributed by atoms with Gasteiger partial charge in [-0.1, -0.05) is 221 Å². The predicted octanol–water partition coefficient (Wildman–Crippen LogP) is 26.1. The van der Waals surface area contributed by atoms with Gasteiger partial charge in [0.05, 0.1) is 50.2 Å². The van der Waals surface area contributed by atoms with E-state index in [0.717, 1.165) is 96.5 Å². The third-order valence-electron chi connectivity index (χ3n) is 22.3. The molecule has 0 spiro atoms. The molecule has 22 aromatic rings. The van der Waals surface area contributed by atoms with Crippen LogP contribution in [0.5, 0.6) is 47.0 Å². The number of phenolic OH excluding ortho intramolecular Hbond substituents is 4. The van der Waals surface area contributed by atoms with Crippen molar-refractivity contribution in [1.82, 2.24) is 59.8 Å². The van der Waals surface area contributed by atoms with E-state index in [2.05, 4.69) is 179 Å². The Morgan fingerprint density at radius 2 is 0.682 bits per heavy atom. The van der Waals surface area contributed by atoms with Crippen molar-refractivity contribution in [3.8, 4) is 149 Å². The molecule has 1 unspecified atom stereocenters. The van der Waals surface area contributed by atoms with Crippen LogP contribution in [0, 0.1) is 5.92 Å². The van der Waals surface area contributed by atoms with Gasteiger partial charge in [-0.25, -0.2) is 19.9 Å². The highest BCUT2D eigenvalue weighted by molar-refractivity contribution is 7.27. The van der Waals surface area contributed by atoms with Gasteiger partial charge in [0.1, 0.15) is 34.2 Å². The van der Waals surface area contributed by atoms with Gasteiger partial charge in [0, 0.05) is 93.5 Å². The molecule has 0 aliphatic heterocycles. The van der Waals surface area contributed by atoms with Crippen molar-refractivity contribution in [2.75, 3.05) is 27.9 Å². The van der Waals surface area contributed by atoms with Crippen molar-refractivity contribution in [3.05, 3.63) is 303 Å². The van der Waals surface area contributed by atoms with Gasteiger partial charge >= 0.3 is 24.0 Å². The van der Waals surface area contributed by atoms with E-state index >= 15 is 0 Å². The standard InChI is InChI=1S/C39H35N3O3.3C22H15N3O2S/c1-3-5-13-25(4-2)24-44-39-41-37(30-18-11-12-19-33(30)43)40-38(42-39)32-23-35-36(29-17-10-9-16-28(29)32)31-21-20-27(22-34(31)45-35)26-14-7-6-8-15-26;1-27-22-24-20(15-8-2-4-11-17(15)26)23-21(25-22)16-10-6-9-14-13-7-3-5-12-18(13)28-19(14)16;1-27-22-24-20(23-21(25-22)16-7-2-4-8-17(16)26)13-10-11-15-14-6-3-5-9-18(14)28-19(15)12-13;1-27-22-24-20(23-21(25-22)15-7-2-4-8-17(15)26)13-10-11-19-16(12-13)14-6-3-5-9-18(14)28-19/h6-12,14-23,25,43H,3-5,13,24H2,1-2H3;3*2-12,26H,1H3. The van der Waals surface area contributed by atoms with Crippen LogP contribution in [-0.2, 0) is 0 Å². The van der Waals surface area contributed by atoms with E-state index in [4.69, 9.17) is 33.3 Å². The highest BCUT2D eigenvalue weighted by Gasteiger charge is 2.25. The molecule has 0 radical (unpaired) electrons. The second-order valence-corrected chi connectivity index (χ2v) is 33.6. The molecular weight excluding hydrogens is 1670 g/mol. The minimum Gasteiger partial charge on any atom is -0.507 e. The molecule has 22 rings (SSSR count). The summed E-state index contributed by atoms with van der Waals surface area (Å²) in [7, 11) is 4.56. The number of nitrogens with zero attached hydrogens (tertiary/aromatic N) is 12. The topological polar surface area (TPSA) is 286 Å². The zero-order valence-electron chi connectivity index (χ0n) is 70.4. The molecular formula is C105H80N12O9S3. The number of ether oxygens (including phenoxy) is 4. The minimum atomic E-state index is 0.0989. The molecule has 21 nitrogen and oxygen atoms in total. The van der Waals surface area contributed by atoms with E-state index in [1.807, 2.05) is 115 Å². The summed E-state index contributed by atoms with van der Waals surface area (Å²) in [6, 6.07) is 99.4. The van der Waals surface area contributed by atoms with Crippen molar-refractivity contribution in [3.63, 3.8) is 0 Å². The first-order valence-electron chi connectivity index (χ1n) is 41.9. The molecule has 0 amide bonds. The molecule has 8 aromatic heterocycles. The summed E-state index contributed by atoms with van der Waals surface area (Å²) >= 11 is 5.22. The molecule has 0 fully saturated rings. The van der Waals surface area contributed by atoms with E-state index in [1.54, 1.807) is 107 Å². The summed E-state index contributed by atoms with van der Waals surface area (Å²) in [5.41, 5.74) is 9.39. The molecule has 0 bridgehead atoms. The van der Waals surface area contributed by atoms with Crippen LogP contribution >= 0.6 is 34.0 Å². The lowest BCUT2D eigenvalue weighted by molar-refractivity contribution is 0.217. The van der Waals surface area contributed by atoms with E-state index in [-0.39, 0.29) is 47.0 Å². The van der Waals surface area contributed by atoms with Gasteiger partial charge < -0.3 is 43.8 Å². The maximum atomic E-state index is 10.7. The van der Waals surface area contributed by atoms with Crippen LogP contribution in [0.4, 0.5) is 0 Å². The second kappa shape index (κ2) is 36.8. The fourth-order valence-corrected chi connectivity index (χ4v) is 19.2. The normalized spacial score (nSPS) is 11.5. The fraction of sp³-hybridized carbons (Fsp3) is 0.105. The van der Waals surface area contributed by atoms with Crippen molar-refractivity contribution in [2.45, 2.75) is 39.5 Å². The zero-order valence-corrected chi connectivity index (χ0v) is 72.9. The molecule has 24 heteroatoms. The number of para-hydroxylation sites is 4. The summed E-state index contributed by atoms with van der Waals surface area (Å²) in [6.45, 7) is 4.91. The second-order valence-electron chi connectivity index (χ2n) is 30.4. The van der Waals surface area contributed by atoms with E-state index in [9.17, 15) is 20.4 Å². The number of aromatic hydroxyl groups is 4. The number of phenols is 4. The van der Waals surface area contributed by atoms with Crippen molar-refractivity contribution in [1.29, 1.82) is 0 Å². The minimum absolute atomic E-state index is 0.0989. The lowest BCUT2D eigenvalue weighted by atomic mass is 9.97. The Bertz CT molecular complexity index is 7930. The Labute approximate surface area is 751 Å². The number of hydrogen-bond donors (Lipinski definition) is 4. The smallest absolute Gasteiger partial charge is 0.320 e. The summed E-state index contributed by atoms with van der Waals surface area (Å²) in [6.07, 6.45) is 4.42. The van der Waals surface area contributed by atoms with Crippen LogP contribution in [0.15, 0.2) is 308 Å². The third kappa shape index (κ3) is 17.1. The molecule has 632 valence electrons. The largest absolute Gasteiger partial charge is 0.507 e. The highest BCUT2D eigenvalue weighted by Crippen LogP contribution is 2.45. The number of fused-ring (bicyclic) bond motifs is 14. The fourth-order valence-electron chi connectivity index (χ4n) is 15.8. The number of furan rings is 1. The van der Waals surface area contributed by atoms with Crippen LogP contribution in [0.2, 0.25) is 0 Å². The van der Waals surface area contributed by atoms with Gasteiger partial charge in [0.25, 0.3) is 0 Å². The number of benzene rings is 14. The molecule has 129 heavy (non-hydrogen) atoms. The summed E-state index contributed by atoms with van der Waals surface area (Å²) < 4.78 is 35.9. The molecule has 0 saturated heterocycles. The molecule has 0 aliphatic carbocycles. The number of hydrogen-bond acceptors (Lipinski definition) is 24. The number of aromatic nitrogens is 12. The number of methoxy groups -OCH3 is 3. The highest BCUT2D eigenvalue weighted by atomic mass is 32.1. The first-order valence-corrected chi connectivity index (χ1v) is 44.4. The van der Waals surface area contributed by atoms with Gasteiger partial charge in [0.15, 0.2) is 46.6 Å². The van der Waals surface area contributed by atoms with Gasteiger partial charge in [-0.05, 0) is 149 Å². The van der Waals surface area contributed by atoms with Gasteiger partial charge in [-0.15, -0.1) is 34.0 Å². The Balaban J connectivity index is 0.000000114. The average molecular weight is 1750 g/mol. The quantitative estimate of drug-likeness (QED) is 0.0585. The lowest BCUT2D eigenvalue weighted by Gasteiger charge is -2.16. The molecule has 14 aromatic carbocycles. The molecule has 0 aliphatic rings. The molecule has 8 heterocycles. The summed E-state index contributed by atoms with van der Waals surface area (Å²) in [5.74, 6) is 4.30. The van der Waals surface area contributed by atoms with Crippen LogP contribution < -0.4 is 18.9 Å². The first-order chi connectivity index (χ1) is 63.3. The zero-order chi connectivity index (χ0) is 88.0. The van der Waals surface area contributed by atoms with Crippen LogP contribution in [0.25, 0.3) is 195 Å². The lowest BCUT2D eigenvalue weighted by Crippen LogP contribution is -2.13. The Kier molecular flexibility index (Phi) is 23.6. The maximum absolute atomic E-state index is 10.7. The SMILES string of the molecule is CCCCC(CC)COc1nc(-c2ccccc2O)nc(-c2cc3oc4cc(-c5ccccc5)ccc4c3c3ccccc23)n1.COc1nc(-c2ccc3c(c2)sc2ccccc23)nc(-c2ccccc2O)n1.COc1nc(-c2ccc3sc4ccccc4c3c2)nc(-c2ccccc2O)n1.COc1nc(-c2ccccc2O)nc(-c2cccc3c2sc2ccccc23)n1.